The molecule has 1 aliphatic rings. The van der Waals surface area contributed by atoms with Crippen molar-refractivity contribution >= 4 is 68.2 Å². The molecule has 0 saturated heterocycles. The van der Waals surface area contributed by atoms with Gasteiger partial charge < -0.3 is 5.11 Å². The van der Waals surface area contributed by atoms with E-state index in [4.69, 9.17) is 23.2 Å². The van der Waals surface area contributed by atoms with Crippen molar-refractivity contribution in [2.75, 3.05) is 0 Å². The van der Waals surface area contributed by atoms with Crippen LogP contribution in [0.2, 0.25) is 10.0 Å². The maximum absolute atomic E-state index is 11.7. The van der Waals surface area contributed by atoms with Crippen LogP contribution in [0.3, 0.4) is 0 Å². The molecule has 0 radical (unpaired) electrons. The molecule has 0 atom stereocenters. The van der Waals surface area contributed by atoms with Gasteiger partial charge in [-0.25, -0.2) is 0 Å². The first kappa shape index (κ1) is 22.1. The van der Waals surface area contributed by atoms with Crippen LogP contribution in [0.15, 0.2) is 28.1 Å². The molecular formula is C20H18BrCl2N3O2S2. The molecule has 3 aromatic rings. The third-order valence-corrected chi connectivity index (χ3v) is 8.73. The number of thioether (sulfide) groups is 1. The molecule has 0 fully saturated rings. The van der Waals surface area contributed by atoms with Crippen LogP contribution in [0, 0.1) is 0 Å². The highest BCUT2D eigenvalue weighted by molar-refractivity contribution is 9.10. The van der Waals surface area contributed by atoms with Crippen LogP contribution in [-0.4, -0.2) is 30.6 Å². The van der Waals surface area contributed by atoms with Gasteiger partial charge in [-0.05, 0) is 84.3 Å². The molecule has 2 heterocycles. The van der Waals surface area contributed by atoms with E-state index < -0.39 is 10.7 Å². The summed E-state index contributed by atoms with van der Waals surface area (Å²) < 4.78 is 1.45. The van der Waals surface area contributed by atoms with Gasteiger partial charge in [-0.2, -0.15) is 0 Å². The van der Waals surface area contributed by atoms with E-state index in [-0.39, 0.29) is 0 Å². The summed E-state index contributed by atoms with van der Waals surface area (Å²) in [6.07, 6.45) is 4.19. The fourth-order valence-electron chi connectivity index (χ4n) is 3.42. The molecule has 0 bridgehead atoms. The number of benzene rings is 1. The molecule has 1 aliphatic carbocycles. The Balaban J connectivity index is 1.87. The van der Waals surface area contributed by atoms with Crippen LogP contribution in [0.5, 0.6) is 0 Å². The summed E-state index contributed by atoms with van der Waals surface area (Å²) in [4.78, 5) is 12.8. The standard InChI is InChI=1S/C20H18BrCl2N3O2S2/c1-20(2,17(27)28)30-19-25-24-18(21)26(19)16-12-6-4-3-5-11(12)15(29-16)10-7-8-13(22)14(23)9-10/h7-9H,3-6H2,1-2H3,(H,27,28). The Kier molecular flexibility index (Phi) is 6.25. The highest BCUT2D eigenvalue weighted by atomic mass is 79.9. The second kappa shape index (κ2) is 8.47. The monoisotopic (exact) mass is 545 g/mol. The summed E-state index contributed by atoms with van der Waals surface area (Å²) in [6.45, 7) is 3.33. The van der Waals surface area contributed by atoms with E-state index >= 15 is 0 Å². The van der Waals surface area contributed by atoms with Crippen LogP contribution >= 0.6 is 62.2 Å². The minimum absolute atomic E-state index is 0.526. The van der Waals surface area contributed by atoms with E-state index in [0.717, 1.165) is 41.1 Å². The van der Waals surface area contributed by atoms with Crippen molar-refractivity contribution in [3.63, 3.8) is 0 Å². The van der Waals surface area contributed by atoms with Gasteiger partial charge in [0.05, 0.1) is 10.0 Å². The Morgan fingerprint density at radius 2 is 1.90 bits per heavy atom. The topological polar surface area (TPSA) is 68.0 Å². The van der Waals surface area contributed by atoms with E-state index in [2.05, 4.69) is 26.1 Å². The summed E-state index contributed by atoms with van der Waals surface area (Å²) in [5.41, 5.74) is 3.61. The number of carboxylic acid groups (broad SMARTS) is 1. The fraction of sp³-hybridized carbons (Fsp3) is 0.350. The molecule has 4 rings (SSSR count). The van der Waals surface area contributed by atoms with E-state index in [1.165, 1.54) is 22.9 Å². The molecule has 30 heavy (non-hydrogen) atoms. The minimum atomic E-state index is -1.03. The molecular weight excluding hydrogens is 529 g/mol. The molecule has 0 spiro atoms. The lowest BCUT2D eigenvalue weighted by molar-refractivity contribution is -0.138. The van der Waals surface area contributed by atoms with E-state index in [1.807, 2.05) is 22.8 Å². The molecule has 158 valence electrons. The van der Waals surface area contributed by atoms with Gasteiger partial charge in [0.25, 0.3) is 0 Å². The highest BCUT2D eigenvalue weighted by Crippen LogP contribution is 2.46. The number of nitrogens with zero attached hydrogens (tertiary/aromatic N) is 3. The van der Waals surface area contributed by atoms with Gasteiger partial charge in [-0.1, -0.05) is 41.0 Å². The summed E-state index contributed by atoms with van der Waals surface area (Å²) >= 11 is 18.8. The average Bonchev–Trinajstić information content (AvgIpc) is 3.24. The molecule has 5 nitrogen and oxygen atoms in total. The number of carboxylic acids is 1. The van der Waals surface area contributed by atoms with Crippen molar-refractivity contribution in [1.29, 1.82) is 0 Å². The molecule has 0 unspecified atom stereocenters. The van der Waals surface area contributed by atoms with Crippen LogP contribution in [0.25, 0.3) is 15.4 Å². The smallest absolute Gasteiger partial charge is 0.319 e. The van der Waals surface area contributed by atoms with Crippen molar-refractivity contribution in [1.82, 2.24) is 14.8 Å². The van der Waals surface area contributed by atoms with Gasteiger partial charge in [0.15, 0.2) is 5.16 Å². The Hall–Kier alpha value is -1.06. The van der Waals surface area contributed by atoms with Crippen molar-refractivity contribution in [3.05, 3.63) is 44.1 Å². The zero-order chi connectivity index (χ0) is 21.6. The number of hydrogen-bond acceptors (Lipinski definition) is 5. The van der Waals surface area contributed by atoms with Gasteiger partial charge in [-0.3, -0.25) is 9.36 Å². The second-order valence-corrected chi connectivity index (χ2v) is 11.6. The van der Waals surface area contributed by atoms with Crippen molar-refractivity contribution in [2.24, 2.45) is 0 Å². The molecule has 10 heteroatoms. The first-order valence-electron chi connectivity index (χ1n) is 9.32. The number of aliphatic carboxylic acids is 1. The fourth-order valence-corrected chi connectivity index (χ4v) is 6.73. The summed E-state index contributed by atoms with van der Waals surface area (Å²) in [5, 5.41) is 20.6. The minimum Gasteiger partial charge on any atom is -0.480 e. The lowest BCUT2D eigenvalue weighted by Gasteiger charge is -2.19. The number of hydrogen-bond donors (Lipinski definition) is 1. The van der Waals surface area contributed by atoms with Crippen LogP contribution in [0.4, 0.5) is 0 Å². The maximum Gasteiger partial charge on any atom is 0.319 e. The molecule has 1 N–H and O–H groups in total. The normalized spacial score (nSPS) is 14.0. The Morgan fingerprint density at radius 3 is 2.57 bits per heavy atom. The van der Waals surface area contributed by atoms with Crippen molar-refractivity contribution in [2.45, 2.75) is 49.4 Å². The Bertz CT molecular complexity index is 1140. The number of fused-ring (bicyclic) bond motifs is 1. The van der Waals surface area contributed by atoms with Gasteiger partial charge >= 0.3 is 5.97 Å². The Morgan fingerprint density at radius 1 is 1.20 bits per heavy atom. The largest absolute Gasteiger partial charge is 0.480 e. The van der Waals surface area contributed by atoms with Gasteiger partial charge in [0.1, 0.15) is 9.75 Å². The van der Waals surface area contributed by atoms with E-state index in [9.17, 15) is 9.90 Å². The molecule has 0 amide bonds. The summed E-state index contributed by atoms with van der Waals surface area (Å²) in [6, 6.07) is 5.71. The predicted octanol–water partition coefficient (Wildman–Crippen LogP) is 6.90. The summed E-state index contributed by atoms with van der Waals surface area (Å²) in [7, 11) is 0. The zero-order valence-electron chi connectivity index (χ0n) is 16.2. The highest BCUT2D eigenvalue weighted by Gasteiger charge is 2.33. The number of rotatable bonds is 5. The van der Waals surface area contributed by atoms with Crippen molar-refractivity contribution in [3.8, 4) is 15.4 Å². The third-order valence-electron chi connectivity index (χ3n) is 5.04. The van der Waals surface area contributed by atoms with E-state index in [0.29, 0.717) is 19.9 Å². The average molecular weight is 547 g/mol. The first-order chi connectivity index (χ1) is 14.2. The lowest BCUT2D eigenvalue weighted by atomic mass is 9.91. The second-order valence-electron chi connectivity index (χ2n) is 7.53. The van der Waals surface area contributed by atoms with Gasteiger partial charge in [0.2, 0.25) is 4.73 Å². The maximum atomic E-state index is 11.7. The molecule has 2 aromatic heterocycles. The summed E-state index contributed by atoms with van der Waals surface area (Å²) in [5.74, 6) is -0.900. The quantitative estimate of drug-likeness (QED) is 0.352. The van der Waals surface area contributed by atoms with Crippen LogP contribution in [0.1, 0.15) is 37.8 Å². The lowest BCUT2D eigenvalue weighted by Crippen LogP contribution is -2.27. The van der Waals surface area contributed by atoms with Crippen molar-refractivity contribution < 1.29 is 9.90 Å². The first-order valence-corrected chi connectivity index (χ1v) is 12.5. The number of carbonyl (C=O) groups is 1. The zero-order valence-corrected chi connectivity index (χ0v) is 20.9. The number of aromatic nitrogens is 3. The number of thiophene rings is 1. The molecule has 0 saturated carbocycles. The van der Waals surface area contributed by atoms with Crippen LogP contribution in [-0.2, 0) is 17.6 Å². The Labute approximate surface area is 200 Å². The van der Waals surface area contributed by atoms with E-state index in [1.54, 1.807) is 25.2 Å². The van der Waals surface area contributed by atoms with Crippen LogP contribution < -0.4 is 0 Å². The third kappa shape index (κ3) is 4.05. The molecule has 0 aliphatic heterocycles. The SMILES string of the molecule is CC(C)(Sc1nnc(Br)n1-c1sc(-c2ccc(Cl)c(Cl)c2)c2c1CCCC2)C(=O)O. The molecule has 1 aromatic carbocycles. The van der Waals surface area contributed by atoms with Gasteiger partial charge in [0, 0.05) is 4.88 Å². The predicted molar refractivity (Wildman–Crippen MR) is 127 cm³/mol. The number of halogens is 3. The van der Waals surface area contributed by atoms with Gasteiger partial charge in [-0.15, -0.1) is 21.5 Å².